The van der Waals surface area contributed by atoms with Crippen molar-refractivity contribution in [2.45, 2.75) is 25.5 Å². The Labute approximate surface area is 197 Å². The summed E-state index contributed by atoms with van der Waals surface area (Å²) in [6, 6.07) is 5.42. The van der Waals surface area contributed by atoms with Gasteiger partial charge in [-0.2, -0.15) is 10.4 Å². The first kappa shape index (κ1) is 22.4. The third kappa shape index (κ3) is 4.16. The Morgan fingerprint density at radius 1 is 1.11 bits per heavy atom. The van der Waals surface area contributed by atoms with Gasteiger partial charge in [-0.25, -0.2) is 32.9 Å². The Morgan fingerprint density at radius 2 is 1.86 bits per heavy atom. The van der Waals surface area contributed by atoms with Gasteiger partial charge in [-0.1, -0.05) is 0 Å². The van der Waals surface area contributed by atoms with E-state index in [4.69, 9.17) is 4.74 Å². The number of hydrogen-bond acceptors (Lipinski definition) is 6. The van der Waals surface area contributed by atoms with Crippen LogP contribution in [-0.2, 0) is 0 Å². The summed E-state index contributed by atoms with van der Waals surface area (Å²) < 4.78 is 48.9. The molecule has 9 nitrogen and oxygen atoms in total. The molecule has 0 N–H and O–H groups in total. The number of hydrazone groups is 1. The van der Waals surface area contributed by atoms with Crippen LogP contribution in [0.2, 0.25) is 0 Å². The maximum Gasteiger partial charge on any atom is 0.341 e. The minimum absolute atomic E-state index is 0.0728. The van der Waals surface area contributed by atoms with Crippen molar-refractivity contribution in [1.29, 1.82) is 5.26 Å². The number of nitrogens with zero attached hydrogens (tertiary/aromatic N) is 7. The van der Waals surface area contributed by atoms with Gasteiger partial charge in [0, 0.05) is 24.8 Å². The molecule has 2 aromatic heterocycles. The number of benzene rings is 1. The Balaban J connectivity index is 1.26. The number of ether oxygens (including phenoxy) is 1. The van der Waals surface area contributed by atoms with E-state index >= 15 is 0 Å². The molecule has 35 heavy (non-hydrogen) atoms. The molecule has 1 saturated heterocycles. The SMILES string of the molecule is Cc1ncc(C#N)n1-c1cc(OC2CN(C(=O)N3N=CC[C@H]3c3cc(F)cc(F)c3)C2)c(F)cn1. The van der Waals surface area contributed by atoms with Gasteiger partial charge in [0.25, 0.3) is 0 Å². The van der Waals surface area contributed by atoms with Crippen molar-refractivity contribution in [3.8, 4) is 17.6 Å². The van der Waals surface area contributed by atoms with Crippen molar-refractivity contribution in [3.63, 3.8) is 0 Å². The lowest BCUT2D eigenvalue weighted by Crippen LogP contribution is -2.58. The van der Waals surface area contributed by atoms with Gasteiger partial charge < -0.3 is 9.64 Å². The van der Waals surface area contributed by atoms with Crippen LogP contribution in [0.4, 0.5) is 18.0 Å². The van der Waals surface area contributed by atoms with E-state index in [0.717, 1.165) is 12.3 Å². The molecule has 0 unspecified atom stereocenters. The second kappa shape index (κ2) is 8.75. The summed E-state index contributed by atoms with van der Waals surface area (Å²) in [4.78, 5) is 22.5. The molecule has 0 saturated carbocycles. The predicted octanol–water partition coefficient (Wildman–Crippen LogP) is 3.48. The van der Waals surface area contributed by atoms with Crippen LogP contribution in [-0.4, -0.2) is 55.9 Å². The lowest BCUT2D eigenvalue weighted by Gasteiger charge is -2.41. The average molecular weight is 481 g/mol. The number of halogens is 3. The van der Waals surface area contributed by atoms with Crippen molar-refractivity contribution < 1.29 is 22.7 Å². The molecule has 5 rings (SSSR count). The molecular weight excluding hydrogens is 463 g/mol. The van der Waals surface area contributed by atoms with Crippen molar-refractivity contribution in [3.05, 3.63) is 71.2 Å². The zero-order valence-corrected chi connectivity index (χ0v) is 18.4. The number of imidazole rings is 1. The standard InChI is InChI=1S/C23H18F3N7O2/c1-13-28-9-17(8-27)32(13)22-7-21(19(26)10-29-22)35-18-11-31(12-18)23(34)33-20(2-3-30-33)14-4-15(24)6-16(25)5-14/h3-7,9-10,18,20H,2,11-12H2,1H3/t20-/m0/s1. The van der Waals surface area contributed by atoms with Crippen LogP contribution >= 0.6 is 0 Å². The molecule has 178 valence electrons. The van der Waals surface area contributed by atoms with E-state index in [-0.39, 0.29) is 30.4 Å². The number of aryl methyl sites for hydroxylation is 1. The van der Waals surface area contributed by atoms with Crippen molar-refractivity contribution in [1.82, 2.24) is 24.4 Å². The number of urea groups is 1. The topological polar surface area (TPSA) is 99.6 Å². The lowest BCUT2D eigenvalue weighted by molar-refractivity contribution is 0.0256. The van der Waals surface area contributed by atoms with Crippen LogP contribution in [0.15, 0.2) is 41.8 Å². The first-order valence-corrected chi connectivity index (χ1v) is 10.7. The first-order valence-electron chi connectivity index (χ1n) is 10.7. The number of rotatable bonds is 4. The molecule has 3 aromatic rings. The lowest BCUT2D eigenvalue weighted by atomic mass is 10.0. The van der Waals surface area contributed by atoms with Gasteiger partial charge in [-0.05, 0) is 24.6 Å². The van der Waals surface area contributed by atoms with Gasteiger partial charge in [-0.15, -0.1) is 0 Å². The normalized spacial score (nSPS) is 17.4. The van der Waals surface area contributed by atoms with Crippen LogP contribution in [0.5, 0.6) is 5.75 Å². The molecule has 1 fully saturated rings. The zero-order chi connectivity index (χ0) is 24.7. The van der Waals surface area contributed by atoms with E-state index in [1.807, 2.05) is 6.07 Å². The highest BCUT2D eigenvalue weighted by Gasteiger charge is 2.39. The van der Waals surface area contributed by atoms with E-state index in [9.17, 15) is 23.2 Å². The number of carbonyl (C=O) groups is 1. The van der Waals surface area contributed by atoms with Crippen LogP contribution in [0, 0.1) is 35.7 Å². The maximum atomic E-state index is 14.4. The van der Waals surface area contributed by atoms with Gasteiger partial charge >= 0.3 is 6.03 Å². The van der Waals surface area contributed by atoms with Gasteiger partial charge in [0.15, 0.2) is 11.6 Å². The number of amides is 2. The minimum atomic E-state index is -0.733. The molecule has 12 heteroatoms. The molecule has 4 heterocycles. The average Bonchev–Trinajstić information content (AvgIpc) is 3.43. The third-order valence-corrected chi connectivity index (χ3v) is 5.80. The van der Waals surface area contributed by atoms with E-state index in [0.29, 0.717) is 17.8 Å². The van der Waals surface area contributed by atoms with E-state index in [2.05, 4.69) is 15.1 Å². The maximum absolute atomic E-state index is 14.4. The van der Waals surface area contributed by atoms with Crippen molar-refractivity contribution in [2.75, 3.05) is 13.1 Å². The molecular formula is C23H18F3N7O2. The highest BCUT2D eigenvalue weighted by Crippen LogP contribution is 2.32. The monoisotopic (exact) mass is 481 g/mol. The highest BCUT2D eigenvalue weighted by molar-refractivity contribution is 5.79. The summed E-state index contributed by atoms with van der Waals surface area (Å²) in [5, 5.41) is 14.5. The molecule has 0 bridgehead atoms. The summed E-state index contributed by atoms with van der Waals surface area (Å²) in [5.41, 5.74) is 0.548. The summed E-state index contributed by atoms with van der Waals surface area (Å²) in [5.74, 6) is -1.45. The van der Waals surface area contributed by atoms with E-state index in [1.165, 1.54) is 45.1 Å². The van der Waals surface area contributed by atoms with Gasteiger partial charge in [0.1, 0.15) is 41.1 Å². The molecule has 1 atom stereocenters. The van der Waals surface area contributed by atoms with Gasteiger partial charge in [0.2, 0.25) is 0 Å². The van der Waals surface area contributed by atoms with E-state index in [1.54, 1.807) is 6.92 Å². The summed E-state index contributed by atoms with van der Waals surface area (Å²) in [6.45, 7) is 2.02. The van der Waals surface area contributed by atoms with Crippen LogP contribution in [0.1, 0.15) is 29.5 Å². The van der Waals surface area contributed by atoms with Gasteiger partial charge in [-0.3, -0.25) is 4.57 Å². The van der Waals surface area contributed by atoms with Crippen LogP contribution < -0.4 is 4.74 Å². The molecule has 2 aliphatic heterocycles. The largest absolute Gasteiger partial charge is 0.483 e. The van der Waals surface area contributed by atoms with E-state index < -0.39 is 35.6 Å². The Bertz CT molecular complexity index is 1360. The summed E-state index contributed by atoms with van der Waals surface area (Å²) in [6.07, 6.45) is 3.74. The fourth-order valence-electron chi connectivity index (χ4n) is 4.07. The number of likely N-dealkylation sites (tertiary alicyclic amines) is 1. The van der Waals surface area contributed by atoms with Crippen molar-refractivity contribution >= 4 is 12.2 Å². The molecule has 0 spiro atoms. The molecule has 0 aliphatic carbocycles. The number of hydrogen-bond donors (Lipinski definition) is 0. The zero-order valence-electron chi connectivity index (χ0n) is 18.4. The Morgan fingerprint density at radius 3 is 2.57 bits per heavy atom. The summed E-state index contributed by atoms with van der Waals surface area (Å²) >= 11 is 0. The second-order valence-electron chi connectivity index (χ2n) is 8.14. The van der Waals surface area contributed by atoms with Crippen LogP contribution in [0.3, 0.4) is 0 Å². The third-order valence-electron chi connectivity index (χ3n) is 5.80. The fraction of sp³-hybridized carbons (Fsp3) is 0.261. The quantitative estimate of drug-likeness (QED) is 0.568. The molecule has 0 radical (unpaired) electrons. The van der Waals surface area contributed by atoms with Crippen molar-refractivity contribution in [2.24, 2.45) is 5.10 Å². The fourth-order valence-corrected chi connectivity index (χ4v) is 4.07. The van der Waals surface area contributed by atoms with Gasteiger partial charge in [0.05, 0.1) is 31.5 Å². The summed E-state index contributed by atoms with van der Waals surface area (Å²) in [7, 11) is 0. The second-order valence-corrected chi connectivity index (χ2v) is 8.14. The smallest absolute Gasteiger partial charge is 0.341 e. The Kier molecular flexibility index (Phi) is 5.60. The predicted molar refractivity (Wildman–Crippen MR) is 116 cm³/mol. The Hall–Kier alpha value is -4.40. The number of carbonyl (C=O) groups excluding carboxylic acids is 1. The van der Waals surface area contributed by atoms with Crippen LogP contribution in [0.25, 0.3) is 5.82 Å². The first-order chi connectivity index (χ1) is 16.8. The number of nitriles is 1. The molecule has 1 aromatic carbocycles. The molecule has 2 amide bonds. The minimum Gasteiger partial charge on any atom is -0.483 e. The highest BCUT2D eigenvalue weighted by atomic mass is 19.1. The number of aromatic nitrogens is 3. The molecule has 2 aliphatic rings. The number of pyridine rings is 1.